The Hall–Kier alpha value is -1.14. The van der Waals surface area contributed by atoms with Crippen LogP contribution >= 0.6 is 0 Å². The Bertz CT molecular complexity index is 284. The molecule has 1 unspecified atom stereocenters. The lowest BCUT2D eigenvalue weighted by molar-refractivity contribution is -0.201. The van der Waals surface area contributed by atoms with Crippen molar-refractivity contribution in [3.63, 3.8) is 0 Å². The van der Waals surface area contributed by atoms with Crippen molar-refractivity contribution in [3.05, 3.63) is 12.2 Å². The molecule has 1 aliphatic heterocycles. The minimum Gasteiger partial charge on any atom is -0.435 e. The number of rotatable bonds is 3. The monoisotopic (exact) mass is 229 g/mol. The van der Waals surface area contributed by atoms with Crippen molar-refractivity contribution in [3.8, 4) is 0 Å². The lowest BCUT2D eigenvalue weighted by atomic mass is 10.2. The standard InChI is InChI=1S/C9H15NO4Si/c10-7(11)3-4-8(12)14-9(15)5-1-2-6-13-9/h3-4H,1-2,5-6H2,15H3,(H2,10,11). The lowest BCUT2D eigenvalue weighted by Crippen LogP contribution is -2.41. The number of primary amides is 1. The molecule has 0 radical (unpaired) electrons. The van der Waals surface area contributed by atoms with Gasteiger partial charge in [-0.2, -0.15) is 0 Å². The zero-order valence-corrected chi connectivity index (χ0v) is 10.7. The molecular formula is C9H15NO4Si. The maximum Gasteiger partial charge on any atom is 0.333 e. The minimum atomic E-state index is -0.725. The molecule has 1 saturated heterocycles. The van der Waals surface area contributed by atoms with Crippen molar-refractivity contribution in [2.24, 2.45) is 5.73 Å². The van der Waals surface area contributed by atoms with Gasteiger partial charge in [0.2, 0.25) is 5.91 Å². The van der Waals surface area contributed by atoms with Gasteiger partial charge in [0.15, 0.2) is 5.41 Å². The highest BCUT2D eigenvalue weighted by Gasteiger charge is 2.30. The number of esters is 1. The van der Waals surface area contributed by atoms with E-state index in [9.17, 15) is 9.59 Å². The number of carbonyl (C=O) groups excluding carboxylic acids is 2. The van der Waals surface area contributed by atoms with E-state index >= 15 is 0 Å². The van der Waals surface area contributed by atoms with Gasteiger partial charge >= 0.3 is 5.97 Å². The van der Waals surface area contributed by atoms with Crippen molar-refractivity contribution in [1.29, 1.82) is 0 Å². The summed E-state index contributed by atoms with van der Waals surface area (Å²) in [6.07, 6.45) is 4.74. The van der Waals surface area contributed by atoms with Gasteiger partial charge in [0.25, 0.3) is 0 Å². The van der Waals surface area contributed by atoms with Crippen molar-refractivity contribution < 1.29 is 19.1 Å². The molecule has 0 aromatic heterocycles. The molecule has 0 aromatic carbocycles. The molecule has 5 nitrogen and oxygen atoms in total. The van der Waals surface area contributed by atoms with Crippen LogP contribution in [0.4, 0.5) is 0 Å². The van der Waals surface area contributed by atoms with Gasteiger partial charge in [-0.05, 0) is 12.8 Å². The average molecular weight is 229 g/mol. The molecule has 1 amide bonds. The number of amides is 1. The van der Waals surface area contributed by atoms with Crippen LogP contribution in [0, 0.1) is 0 Å². The van der Waals surface area contributed by atoms with Crippen LogP contribution in [0.1, 0.15) is 19.3 Å². The van der Waals surface area contributed by atoms with Crippen LogP contribution < -0.4 is 5.73 Å². The van der Waals surface area contributed by atoms with E-state index in [4.69, 9.17) is 15.2 Å². The second kappa shape index (κ2) is 5.08. The molecule has 1 atom stereocenters. The number of nitrogens with two attached hydrogens (primary N) is 1. The first-order valence-electron chi connectivity index (χ1n) is 4.86. The summed E-state index contributed by atoms with van der Waals surface area (Å²) in [4.78, 5) is 21.6. The topological polar surface area (TPSA) is 78.6 Å². The zero-order chi connectivity index (χ0) is 11.3. The highest BCUT2D eigenvalue weighted by atomic mass is 28.1. The Balaban J connectivity index is 2.45. The quantitative estimate of drug-likeness (QED) is 0.374. The Morgan fingerprint density at radius 3 is 2.67 bits per heavy atom. The van der Waals surface area contributed by atoms with Gasteiger partial charge in [-0.3, -0.25) is 4.79 Å². The molecule has 0 aliphatic carbocycles. The average Bonchev–Trinajstić information content (AvgIpc) is 2.15. The number of ether oxygens (including phenoxy) is 2. The first-order valence-corrected chi connectivity index (χ1v) is 5.86. The molecule has 1 heterocycles. The molecule has 2 N–H and O–H groups in total. The van der Waals surface area contributed by atoms with Gasteiger partial charge in [0.1, 0.15) is 0 Å². The smallest absolute Gasteiger partial charge is 0.333 e. The highest BCUT2D eigenvalue weighted by molar-refractivity contribution is 6.14. The summed E-state index contributed by atoms with van der Waals surface area (Å²) < 4.78 is 10.5. The molecule has 0 bridgehead atoms. The Kier molecular flexibility index (Phi) is 4.04. The normalized spacial score (nSPS) is 26.7. The van der Waals surface area contributed by atoms with Crippen molar-refractivity contribution >= 4 is 22.1 Å². The van der Waals surface area contributed by atoms with E-state index in [2.05, 4.69) is 0 Å². The zero-order valence-electron chi connectivity index (χ0n) is 8.69. The van der Waals surface area contributed by atoms with Crippen LogP contribution in [0.2, 0.25) is 0 Å². The summed E-state index contributed by atoms with van der Waals surface area (Å²) in [5, 5.41) is 0. The molecule has 0 saturated carbocycles. The molecule has 84 valence electrons. The first kappa shape index (κ1) is 11.9. The van der Waals surface area contributed by atoms with Gasteiger partial charge in [-0.25, -0.2) is 4.79 Å². The summed E-state index contributed by atoms with van der Waals surface area (Å²) >= 11 is 0. The molecule has 6 heteroatoms. The Morgan fingerprint density at radius 1 is 1.40 bits per heavy atom. The van der Waals surface area contributed by atoms with E-state index in [1.54, 1.807) is 0 Å². The maximum absolute atomic E-state index is 11.2. The molecule has 0 spiro atoms. The van der Waals surface area contributed by atoms with Crippen LogP contribution in [0.25, 0.3) is 0 Å². The third-order valence-electron chi connectivity index (χ3n) is 2.13. The largest absolute Gasteiger partial charge is 0.435 e. The van der Waals surface area contributed by atoms with Crippen LogP contribution in [-0.4, -0.2) is 34.1 Å². The SMILES string of the molecule is NC(=O)C=CC(=O)OC1([SiH3])CCCCO1. The molecule has 1 rings (SSSR count). The van der Waals surface area contributed by atoms with Crippen LogP contribution in [-0.2, 0) is 19.1 Å². The van der Waals surface area contributed by atoms with E-state index in [0.717, 1.165) is 31.4 Å². The third-order valence-corrected chi connectivity index (χ3v) is 3.13. The molecule has 1 fully saturated rings. The Labute approximate surface area is 91.0 Å². The van der Waals surface area contributed by atoms with Crippen molar-refractivity contribution in [1.82, 2.24) is 0 Å². The summed E-state index contributed by atoms with van der Waals surface area (Å²) in [5.41, 5.74) is 4.13. The fourth-order valence-corrected chi connectivity index (χ4v) is 2.14. The van der Waals surface area contributed by atoms with Crippen LogP contribution in [0.5, 0.6) is 0 Å². The van der Waals surface area contributed by atoms with E-state index < -0.39 is 17.3 Å². The maximum atomic E-state index is 11.2. The Morgan fingerprint density at radius 2 is 2.13 bits per heavy atom. The molecule has 0 aromatic rings. The number of hydrogen-bond donors (Lipinski definition) is 1. The van der Waals surface area contributed by atoms with Gasteiger partial charge < -0.3 is 15.2 Å². The van der Waals surface area contributed by atoms with Crippen molar-refractivity contribution in [2.45, 2.75) is 24.7 Å². The highest BCUT2D eigenvalue weighted by Crippen LogP contribution is 2.22. The van der Waals surface area contributed by atoms with E-state index in [1.165, 1.54) is 0 Å². The van der Waals surface area contributed by atoms with E-state index in [-0.39, 0.29) is 0 Å². The summed E-state index contributed by atoms with van der Waals surface area (Å²) in [7, 11) is 0.616. The van der Waals surface area contributed by atoms with Gasteiger partial charge in [-0.1, -0.05) is 0 Å². The summed E-state index contributed by atoms with van der Waals surface area (Å²) in [6.45, 7) is 0.621. The fourth-order valence-electron chi connectivity index (χ4n) is 1.39. The van der Waals surface area contributed by atoms with E-state index in [0.29, 0.717) is 16.8 Å². The number of hydrogen-bond acceptors (Lipinski definition) is 4. The van der Waals surface area contributed by atoms with Gasteiger partial charge in [0.05, 0.1) is 16.8 Å². The molecule has 15 heavy (non-hydrogen) atoms. The molecular weight excluding hydrogens is 214 g/mol. The molecule has 1 aliphatic rings. The minimum absolute atomic E-state index is 0.578. The fraction of sp³-hybridized carbons (Fsp3) is 0.556. The predicted octanol–water partition coefficient (Wildman–Crippen LogP) is -1.21. The summed E-state index contributed by atoms with van der Waals surface area (Å²) in [5.74, 6) is -1.25. The lowest BCUT2D eigenvalue weighted by Gasteiger charge is -2.33. The van der Waals surface area contributed by atoms with Crippen LogP contribution in [0.15, 0.2) is 12.2 Å². The van der Waals surface area contributed by atoms with Crippen LogP contribution in [0.3, 0.4) is 0 Å². The van der Waals surface area contributed by atoms with Crippen molar-refractivity contribution in [2.75, 3.05) is 6.61 Å². The summed E-state index contributed by atoms with van der Waals surface area (Å²) in [6, 6.07) is 0. The number of carbonyl (C=O) groups is 2. The second-order valence-electron chi connectivity index (χ2n) is 3.60. The van der Waals surface area contributed by atoms with E-state index in [1.807, 2.05) is 0 Å². The predicted molar refractivity (Wildman–Crippen MR) is 56.9 cm³/mol. The van der Waals surface area contributed by atoms with Gasteiger partial charge in [-0.15, -0.1) is 0 Å². The third kappa shape index (κ3) is 4.26. The second-order valence-corrected chi connectivity index (χ2v) is 5.12. The first-order chi connectivity index (χ1) is 7.02. The van der Waals surface area contributed by atoms with Gasteiger partial charge in [0, 0.05) is 18.6 Å².